The lowest BCUT2D eigenvalue weighted by Gasteiger charge is -2.29. The van der Waals surface area contributed by atoms with E-state index in [2.05, 4.69) is 239 Å². The molecule has 0 aliphatic heterocycles. The van der Waals surface area contributed by atoms with E-state index in [4.69, 9.17) is 0 Å². The highest BCUT2D eigenvalue weighted by Crippen LogP contribution is 2.42. The minimum absolute atomic E-state index is 1.08. The Kier molecular flexibility index (Phi) is 8.57. The number of para-hydroxylation sites is 4. The van der Waals surface area contributed by atoms with E-state index in [0.717, 1.165) is 51.2 Å². The summed E-state index contributed by atoms with van der Waals surface area (Å²) in [7, 11) is 0. The Balaban J connectivity index is 1.10. The predicted molar refractivity (Wildman–Crippen MR) is 226 cm³/mol. The van der Waals surface area contributed by atoms with Gasteiger partial charge in [0.05, 0.1) is 0 Å². The second kappa shape index (κ2) is 14.3. The van der Waals surface area contributed by atoms with Crippen LogP contribution in [0.5, 0.6) is 0 Å². The van der Waals surface area contributed by atoms with Gasteiger partial charge in [-0.25, -0.2) is 0 Å². The van der Waals surface area contributed by atoms with Crippen molar-refractivity contribution in [1.82, 2.24) is 0 Å². The van der Waals surface area contributed by atoms with Crippen molar-refractivity contribution in [2.45, 2.75) is 0 Å². The zero-order valence-corrected chi connectivity index (χ0v) is 29.2. The molecule has 9 aromatic rings. The number of hydrogen-bond acceptors (Lipinski definition) is 3. The Morgan fingerprint density at radius 2 is 0.472 bits per heavy atom. The third-order valence-corrected chi connectivity index (χ3v) is 9.78. The third kappa shape index (κ3) is 6.37. The third-order valence-electron chi connectivity index (χ3n) is 9.78. The van der Waals surface area contributed by atoms with Gasteiger partial charge in [-0.1, -0.05) is 115 Å². The summed E-state index contributed by atoms with van der Waals surface area (Å²) in [6.45, 7) is 0. The maximum absolute atomic E-state index is 2.34. The fraction of sp³-hybridized carbons (Fsp3) is 0. The summed E-state index contributed by atoms with van der Waals surface area (Å²) >= 11 is 0. The molecule has 3 heteroatoms. The molecule has 0 bridgehead atoms. The number of anilines is 9. The van der Waals surface area contributed by atoms with Crippen molar-refractivity contribution in [3.05, 3.63) is 224 Å². The summed E-state index contributed by atoms with van der Waals surface area (Å²) in [6.07, 6.45) is 0. The van der Waals surface area contributed by atoms with Crippen molar-refractivity contribution >= 4 is 72.7 Å². The van der Waals surface area contributed by atoms with Crippen LogP contribution in [0.2, 0.25) is 0 Å². The van der Waals surface area contributed by atoms with E-state index in [9.17, 15) is 0 Å². The predicted octanol–water partition coefficient (Wildman–Crippen LogP) is 14.4. The Hall–Kier alpha value is -7.10. The van der Waals surface area contributed by atoms with Gasteiger partial charge in [0.2, 0.25) is 0 Å². The molecule has 0 fully saturated rings. The smallest absolute Gasteiger partial charge is 0.0468 e. The summed E-state index contributed by atoms with van der Waals surface area (Å²) < 4.78 is 0. The maximum Gasteiger partial charge on any atom is 0.0468 e. The van der Waals surface area contributed by atoms with Crippen LogP contribution in [0.15, 0.2) is 224 Å². The number of benzene rings is 9. The SMILES string of the molecule is c1ccc(N(c2ccccc2)c2ccc(N(c3ccccc3)c3ccc(N(c4ccccc4)c4ccc5c(ccc6ccccc65)c4)cc3)cc2)cc1. The molecule has 0 N–H and O–H groups in total. The first-order valence-electron chi connectivity index (χ1n) is 18.0. The van der Waals surface area contributed by atoms with Crippen LogP contribution in [0, 0.1) is 0 Å². The highest BCUT2D eigenvalue weighted by molar-refractivity contribution is 6.08. The highest BCUT2D eigenvalue weighted by atomic mass is 15.2. The topological polar surface area (TPSA) is 9.72 Å². The number of nitrogens with zero attached hydrogens (tertiary/aromatic N) is 3. The quantitative estimate of drug-likeness (QED) is 0.141. The number of fused-ring (bicyclic) bond motifs is 3. The first kappa shape index (κ1) is 31.9. The summed E-state index contributed by atoms with van der Waals surface area (Å²) in [6, 6.07) is 79.8. The molecule has 0 radical (unpaired) electrons. The van der Waals surface area contributed by atoms with Crippen LogP contribution >= 0.6 is 0 Å². The van der Waals surface area contributed by atoms with Gasteiger partial charge in [0.1, 0.15) is 0 Å². The second-order valence-corrected chi connectivity index (χ2v) is 13.1. The summed E-state index contributed by atoms with van der Waals surface area (Å²) in [4.78, 5) is 6.94. The molecular formula is C50H37N3. The van der Waals surface area contributed by atoms with Gasteiger partial charge in [-0.2, -0.15) is 0 Å². The minimum Gasteiger partial charge on any atom is -0.311 e. The summed E-state index contributed by atoms with van der Waals surface area (Å²) in [5, 5.41) is 5.01. The molecule has 0 unspecified atom stereocenters. The molecule has 252 valence electrons. The molecule has 0 aliphatic rings. The highest BCUT2D eigenvalue weighted by Gasteiger charge is 2.18. The van der Waals surface area contributed by atoms with E-state index in [1.165, 1.54) is 21.5 Å². The van der Waals surface area contributed by atoms with Gasteiger partial charge >= 0.3 is 0 Å². The normalized spacial score (nSPS) is 11.0. The molecule has 0 amide bonds. The lowest BCUT2D eigenvalue weighted by molar-refractivity contribution is 1.25. The molecule has 0 atom stereocenters. The van der Waals surface area contributed by atoms with Crippen molar-refractivity contribution in [1.29, 1.82) is 0 Å². The average molecular weight is 680 g/mol. The van der Waals surface area contributed by atoms with Crippen LogP contribution in [0.3, 0.4) is 0 Å². The molecule has 9 rings (SSSR count). The molecule has 0 saturated carbocycles. The number of rotatable bonds is 9. The molecule has 0 aromatic heterocycles. The molecule has 3 nitrogen and oxygen atoms in total. The van der Waals surface area contributed by atoms with Gasteiger partial charge in [-0.3, -0.25) is 0 Å². The van der Waals surface area contributed by atoms with Gasteiger partial charge in [0.15, 0.2) is 0 Å². The van der Waals surface area contributed by atoms with Gasteiger partial charge in [-0.05, 0) is 131 Å². The van der Waals surface area contributed by atoms with Crippen LogP contribution in [0.1, 0.15) is 0 Å². The molecule has 0 saturated heterocycles. The van der Waals surface area contributed by atoms with E-state index in [1.807, 2.05) is 0 Å². The standard InChI is InChI=1S/C50H37N3/c1-5-16-40(17-6-1)51(41-18-7-2-8-19-41)44-27-29-45(30-28-44)52(42-20-9-3-10-21-42)46-31-33-47(34-32-46)53(43-22-11-4-12-23-43)48-35-36-50-39(37-48)26-25-38-15-13-14-24-49(38)50/h1-37H. The van der Waals surface area contributed by atoms with Crippen molar-refractivity contribution < 1.29 is 0 Å². The van der Waals surface area contributed by atoms with Crippen molar-refractivity contribution in [2.24, 2.45) is 0 Å². The average Bonchev–Trinajstić information content (AvgIpc) is 3.24. The van der Waals surface area contributed by atoms with Gasteiger partial charge in [-0.15, -0.1) is 0 Å². The van der Waals surface area contributed by atoms with E-state index >= 15 is 0 Å². The lowest BCUT2D eigenvalue weighted by Crippen LogP contribution is -2.13. The van der Waals surface area contributed by atoms with Crippen LogP contribution in [-0.2, 0) is 0 Å². The molecule has 53 heavy (non-hydrogen) atoms. The largest absolute Gasteiger partial charge is 0.311 e. The number of hydrogen-bond donors (Lipinski definition) is 0. The van der Waals surface area contributed by atoms with E-state index < -0.39 is 0 Å². The maximum atomic E-state index is 2.34. The summed E-state index contributed by atoms with van der Waals surface area (Å²) in [5.41, 5.74) is 9.89. The molecule has 0 aliphatic carbocycles. The first-order chi connectivity index (χ1) is 26.3. The van der Waals surface area contributed by atoms with Gasteiger partial charge < -0.3 is 14.7 Å². The fourth-order valence-corrected chi connectivity index (χ4v) is 7.29. The van der Waals surface area contributed by atoms with Crippen LogP contribution in [0.25, 0.3) is 21.5 Å². The Morgan fingerprint density at radius 1 is 0.189 bits per heavy atom. The Morgan fingerprint density at radius 3 is 0.887 bits per heavy atom. The molecule has 0 heterocycles. The summed E-state index contributed by atoms with van der Waals surface area (Å²) in [5.74, 6) is 0. The fourth-order valence-electron chi connectivity index (χ4n) is 7.29. The Bertz CT molecular complexity index is 2550. The van der Waals surface area contributed by atoms with Crippen LogP contribution in [0.4, 0.5) is 51.2 Å². The van der Waals surface area contributed by atoms with Crippen LogP contribution < -0.4 is 14.7 Å². The zero-order valence-electron chi connectivity index (χ0n) is 29.2. The van der Waals surface area contributed by atoms with E-state index in [-0.39, 0.29) is 0 Å². The van der Waals surface area contributed by atoms with Gasteiger partial charge in [0, 0.05) is 51.2 Å². The van der Waals surface area contributed by atoms with Crippen molar-refractivity contribution in [3.8, 4) is 0 Å². The molecule has 0 spiro atoms. The first-order valence-corrected chi connectivity index (χ1v) is 18.0. The van der Waals surface area contributed by atoms with E-state index in [0.29, 0.717) is 0 Å². The van der Waals surface area contributed by atoms with Crippen LogP contribution in [-0.4, -0.2) is 0 Å². The van der Waals surface area contributed by atoms with Crippen molar-refractivity contribution in [2.75, 3.05) is 14.7 Å². The van der Waals surface area contributed by atoms with Crippen molar-refractivity contribution in [3.63, 3.8) is 0 Å². The van der Waals surface area contributed by atoms with E-state index in [1.54, 1.807) is 0 Å². The second-order valence-electron chi connectivity index (χ2n) is 13.1. The zero-order chi connectivity index (χ0) is 35.4. The molecule has 9 aromatic carbocycles. The van der Waals surface area contributed by atoms with Gasteiger partial charge in [0.25, 0.3) is 0 Å². The minimum atomic E-state index is 1.08. The monoisotopic (exact) mass is 679 g/mol. The Labute approximate surface area is 310 Å². The lowest BCUT2D eigenvalue weighted by atomic mass is 10.0. The molecular weight excluding hydrogens is 643 g/mol.